The number of nitrogens with zero attached hydrogens (tertiary/aromatic N) is 1. The predicted octanol–water partition coefficient (Wildman–Crippen LogP) is 2.28. The van der Waals surface area contributed by atoms with Gasteiger partial charge < -0.3 is 9.88 Å². The minimum atomic E-state index is 0.116. The molecule has 1 N–H and O–H groups in total. The quantitative estimate of drug-likeness (QED) is 0.613. The largest absolute Gasteiger partial charge is 0.351 e. The van der Waals surface area contributed by atoms with Gasteiger partial charge in [0.15, 0.2) is 0 Å². The van der Waals surface area contributed by atoms with Crippen molar-refractivity contribution in [2.75, 3.05) is 11.4 Å². The highest BCUT2D eigenvalue weighted by molar-refractivity contribution is 7.71. The molecule has 1 aliphatic rings. The van der Waals surface area contributed by atoms with E-state index in [4.69, 9.17) is 12.2 Å². The summed E-state index contributed by atoms with van der Waals surface area (Å²) in [6.45, 7) is 4.40. The van der Waals surface area contributed by atoms with Crippen LogP contribution in [0.3, 0.4) is 0 Å². The van der Waals surface area contributed by atoms with Crippen molar-refractivity contribution in [1.82, 2.24) is 4.98 Å². The molecule has 0 bridgehead atoms. The summed E-state index contributed by atoms with van der Waals surface area (Å²) in [5.74, 6) is 0.359. The number of carbonyl (C=O) groups excluding carboxylic acids is 1. The molecule has 1 saturated heterocycles. The van der Waals surface area contributed by atoms with Crippen molar-refractivity contribution in [2.45, 2.75) is 6.42 Å². The van der Waals surface area contributed by atoms with Crippen LogP contribution in [0.4, 0.5) is 5.69 Å². The average molecular weight is 220 g/mol. The summed E-state index contributed by atoms with van der Waals surface area (Å²) in [6, 6.07) is 3.71. The van der Waals surface area contributed by atoms with Crippen molar-refractivity contribution < 1.29 is 4.79 Å². The number of aromatic nitrogens is 1. The Morgan fingerprint density at radius 1 is 1.67 bits per heavy atom. The molecule has 2 rings (SSSR count). The smallest absolute Gasteiger partial charge is 0.227 e. The van der Waals surface area contributed by atoms with Crippen LogP contribution in [0.1, 0.15) is 6.42 Å². The van der Waals surface area contributed by atoms with Gasteiger partial charge in [0.25, 0.3) is 0 Å². The van der Waals surface area contributed by atoms with Gasteiger partial charge in [-0.05, 0) is 12.1 Å². The standard InChI is InChI=1S/C11H12N2OS/c1-2-8-6-10(14)13(7-8)9-4-3-5-12-11(9)15/h2-5,8H,1,6-7H2,(H,12,15). The summed E-state index contributed by atoms with van der Waals surface area (Å²) < 4.78 is 0.607. The van der Waals surface area contributed by atoms with Crippen LogP contribution in [0.15, 0.2) is 31.0 Å². The molecule has 1 aromatic rings. The van der Waals surface area contributed by atoms with Gasteiger partial charge in [-0.3, -0.25) is 4.79 Å². The lowest BCUT2D eigenvalue weighted by Crippen LogP contribution is -2.24. The molecule has 4 heteroatoms. The van der Waals surface area contributed by atoms with E-state index in [0.717, 1.165) is 5.69 Å². The first kappa shape index (κ1) is 10.1. The van der Waals surface area contributed by atoms with Crippen LogP contribution in [0.25, 0.3) is 0 Å². The monoisotopic (exact) mass is 220 g/mol. The van der Waals surface area contributed by atoms with Crippen LogP contribution in [0, 0.1) is 10.6 Å². The molecule has 0 aromatic carbocycles. The maximum atomic E-state index is 11.7. The van der Waals surface area contributed by atoms with Crippen LogP contribution in [0.2, 0.25) is 0 Å². The maximum absolute atomic E-state index is 11.7. The van der Waals surface area contributed by atoms with Crippen molar-refractivity contribution >= 4 is 23.8 Å². The number of pyridine rings is 1. The number of aromatic amines is 1. The molecule has 3 nitrogen and oxygen atoms in total. The van der Waals surface area contributed by atoms with Gasteiger partial charge in [-0.15, -0.1) is 6.58 Å². The molecule has 0 spiro atoms. The second-order valence-corrected chi connectivity index (χ2v) is 4.00. The molecule has 1 fully saturated rings. The Bertz CT molecular complexity index is 452. The summed E-state index contributed by atoms with van der Waals surface area (Å²) in [6.07, 6.45) is 4.12. The van der Waals surface area contributed by atoms with Crippen LogP contribution in [0.5, 0.6) is 0 Å². The highest BCUT2D eigenvalue weighted by atomic mass is 32.1. The lowest BCUT2D eigenvalue weighted by molar-refractivity contribution is -0.117. The number of hydrogen-bond donors (Lipinski definition) is 1. The third-order valence-electron chi connectivity index (χ3n) is 2.58. The molecule has 1 aliphatic heterocycles. The van der Waals surface area contributed by atoms with E-state index in [0.29, 0.717) is 17.6 Å². The van der Waals surface area contributed by atoms with Crippen molar-refractivity contribution in [3.05, 3.63) is 35.6 Å². The van der Waals surface area contributed by atoms with Crippen molar-refractivity contribution in [1.29, 1.82) is 0 Å². The highest BCUT2D eigenvalue weighted by Crippen LogP contribution is 2.25. The minimum absolute atomic E-state index is 0.116. The molecular weight excluding hydrogens is 208 g/mol. The van der Waals surface area contributed by atoms with Gasteiger partial charge >= 0.3 is 0 Å². The molecule has 0 radical (unpaired) electrons. The second-order valence-electron chi connectivity index (χ2n) is 3.59. The van der Waals surface area contributed by atoms with Crippen LogP contribution >= 0.6 is 12.2 Å². The first-order chi connectivity index (χ1) is 7.22. The fourth-order valence-electron chi connectivity index (χ4n) is 1.75. The molecule has 1 amide bonds. The third kappa shape index (κ3) is 1.85. The molecule has 15 heavy (non-hydrogen) atoms. The zero-order chi connectivity index (χ0) is 10.8. The molecule has 2 heterocycles. The Labute approximate surface area is 93.4 Å². The van der Waals surface area contributed by atoms with Crippen LogP contribution in [-0.2, 0) is 4.79 Å². The van der Waals surface area contributed by atoms with Gasteiger partial charge in [-0.2, -0.15) is 0 Å². The minimum Gasteiger partial charge on any atom is -0.351 e. The number of rotatable bonds is 2. The van der Waals surface area contributed by atoms with Gasteiger partial charge in [-0.25, -0.2) is 0 Å². The van der Waals surface area contributed by atoms with E-state index in [1.54, 1.807) is 11.1 Å². The lowest BCUT2D eigenvalue weighted by atomic mass is 10.1. The van der Waals surface area contributed by atoms with Gasteiger partial charge in [0, 0.05) is 25.1 Å². The lowest BCUT2D eigenvalue weighted by Gasteiger charge is -2.15. The Morgan fingerprint density at radius 2 is 2.47 bits per heavy atom. The number of anilines is 1. The average Bonchev–Trinajstić information content (AvgIpc) is 2.60. The normalized spacial score (nSPS) is 20.7. The van der Waals surface area contributed by atoms with E-state index in [1.165, 1.54) is 0 Å². The van der Waals surface area contributed by atoms with Gasteiger partial charge in [0.1, 0.15) is 4.64 Å². The number of H-pyrrole nitrogens is 1. The molecule has 0 saturated carbocycles. The number of amides is 1. The zero-order valence-electron chi connectivity index (χ0n) is 8.27. The van der Waals surface area contributed by atoms with E-state index in [1.807, 2.05) is 18.2 Å². The Hall–Kier alpha value is -1.42. The topological polar surface area (TPSA) is 36.1 Å². The first-order valence-corrected chi connectivity index (χ1v) is 5.24. The number of carbonyl (C=O) groups is 1. The van der Waals surface area contributed by atoms with Crippen molar-refractivity contribution in [3.8, 4) is 0 Å². The Morgan fingerprint density at radius 3 is 3.07 bits per heavy atom. The van der Waals surface area contributed by atoms with Crippen LogP contribution < -0.4 is 4.90 Å². The SMILES string of the molecule is C=CC1CC(=O)N(c2ccc[nH]c2=S)C1. The summed E-state index contributed by atoms with van der Waals surface area (Å²) in [5.41, 5.74) is 0.793. The fraction of sp³-hybridized carbons (Fsp3) is 0.273. The summed E-state index contributed by atoms with van der Waals surface area (Å²) >= 11 is 5.14. The van der Waals surface area contributed by atoms with Crippen molar-refractivity contribution in [3.63, 3.8) is 0 Å². The molecule has 78 valence electrons. The molecule has 1 atom stereocenters. The Balaban J connectivity index is 2.33. The van der Waals surface area contributed by atoms with E-state index in [-0.39, 0.29) is 11.8 Å². The fourth-order valence-corrected chi connectivity index (χ4v) is 2.00. The maximum Gasteiger partial charge on any atom is 0.227 e. The molecular formula is C11H12N2OS. The van der Waals surface area contributed by atoms with Gasteiger partial charge in [0.2, 0.25) is 5.91 Å². The summed E-state index contributed by atoms with van der Waals surface area (Å²) in [5, 5.41) is 0. The molecule has 0 aliphatic carbocycles. The van der Waals surface area contributed by atoms with E-state index in [9.17, 15) is 4.79 Å². The third-order valence-corrected chi connectivity index (χ3v) is 2.90. The Kier molecular flexibility index (Phi) is 2.68. The van der Waals surface area contributed by atoms with Crippen molar-refractivity contribution in [2.24, 2.45) is 5.92 Å². The molecule has 1 aromatic heterocycles. The summed E-state index contributed by atoms with van der Waals surface area (Å²) in [4.78, 5) is 16.4. The second kappa shape index (κ2) is 3.98. The highest BCUT2D eigenvalue weighted by Gasteiger charge is 2.29. The number of hydrogen-bond acceptors (Lipinski definition) is 2. The van der Waals surface area contributed by atoms with E-state index in [2.05, 4.69) is 11.6 Å². The van der Waals surface area contributed by atoms with E-state index >= 15 is 0 Å². The first-order valence-electron chi connectivity index (χ1n) is 4.83. The van der Waals surface area contributed by atoms with Gasteiger partial charge in [-0.1, -0.05) is 18.3 Å². The summed E-state index contributed by atoms with van der Waals surface area (Å²) in [7, 11) is 0. The predicted molar refractivity (Wildman–Crippen MR) is 62.3 cm³/mol. The van der Waals surface area contributed by atoms with E-state index < -0.39 is 0 Å². The number of nitrogens with one attached hydrogen (secondary N) is 1. The molecule has 1 unspecified atom stereocenters. The van der Waals surface area contributed by atoms with Crippen LogP contribution in [-0.4, -0.2) is 17.4 Å². The van der Waals surface area contributed by atoms with Gasteiger partial charge in [0.05, 0.1) is 5.69 Å². The zero-order valence-corrected chi connectivity index (χ0v) is 9.09.